The molecule has 0 bridgehead atoms. The first-order chi connectivity index (χ1) is 15.0. The lowest BCUT2D eigenvalue weighted by atomic mass is 10.1. The van der Waals surface area contributed by atoms with Gasteiger partial charge in [0.05, 0.1) is 23.4 Å². The first-order valence-corrected chi connectivity index (χ1v) is 11.8. The Labute approximate surface area is 199 Å². The number of morpholine rings is 1. The third-order valence-electron chi connectivity index (χ3n) is 5.74. The summed E-state index contributed by atoms with van der Waals surface area (Å²) in [6.07, 6.45) is 0.882. The van der Waals surface area contributed by atoms with Crippen molar-refractivity contribution < 1.29 is 9.53 Å². The van der Waals surface area contributed by atoms with Crippen molar-refractivity contribution in [2.24, 2.45) is 0 Å². The molecule has 0 radical (unpaired) electrons. The minimum absolute atomic E-state index is 0. The Kier molecular flexibility index (Phi) is 8.27. The number of thiazole rings is 1. The molecule has 1 fully saturated rings. The monoisotopic (exact) mass is 477 g/mol. The van der Waals surface area contributed by atoms with Gasteiger partial charge in [0.1, 0.15) is 0 Å². The van der Waals surface area contributed by atoms with Crippen LogP contribution in [0.15, 0.2) is 18.2 Å². The normalized spacial score (nSPS) is 14.5. The predicted molar refractivity (Wildman–Crippen MR) is 133 cm³/mol. The van der Waals surface area contributed by atoms with Crippen LogP contribution in [0.4, 0.5) is 5.13 Å². The highest BCUT2D eigenvalue weighted by Crippen LogP contribution is 2.33. The van der Waals surface area contributed by atoms with Gasteiger partial charge in [-0.05, 0) is 57.4 Å². The number of carbonyl (C=O) groups excluding carboxylic acids is 1. The number of ether oxygens (including phenoxy) is 1. The van der Waals surface area contributed by atoms with E-state index < -0.39 is 0 Å². The highest BCUT2D eigenvalue weighted by Gasteiger charge is 2.24. The van der Waals surface area contributed by atoms with Gasteiger partial charge in [-0.3, -0.25) is 19.3 Å². The third kappa shape index (κ3) is 5.31. The van der Waals surface area contributed by atoms with Crippen LogP contribution in [-0.4, -0.2) is 65.0 Å². The second-order valence-electron chi connectivity index (χ2n) is 8.18. The maximum Gasteiger partial charge on any atom is 0.280 e. The van der Waals surface area contributed by atoms with Gasteiger partial charge in [0.25, 0.3) is 5.91 Å². The molecule has 4 rings (SSSR count). The van der Waals surface area contributed by atoms with Gasteiger partial charge in [-0.25, -0.2) is 4.98 Å². The van der Waals surface area contributed by atoms with Crippen molar-refractivity contribution in [2.75, 3.05) is 44.3 Å². The van der Waals surface area contributed by atoms with E-state index in [1.165, 1.54) is 11.1 Å². The molecule has 0 spiro atoms. The fourth-order valence-electron chi connectivity index (χ4n) is 4.11. The number of hydrogen-bond acceptors (Lipinski definition) is 6. The maximum atomic E-state index is 13.5. The van der Waals surface area contributed by atoms with E-state index in [2.05, 4.69) is 36.0 Å². The van der Waals surface area contributed by atoms with Crippen LogP contribution in [0.1, 0.15) is 40.7 Å². The van der Waals surface area contributed by atoms with E-state index in [-0.39, 0.29) is 18.3 Å². The van der Waals surface area contributed by atoms with Gasteiger partial charge in [0, 0.05) is 38.4 Å². The summed E-state index contributed by atoms with van der Waals surface area (Å²) < 4.78 is 8.45. The van der Waals surface area contributed by atoms with Crippen molar-refractivity contribution in [3.05, 3.63) is 40.7 Å². The van der Waals surface area contributed by atoms with Crippen molar-refractivity contribution in [1.29, 1.82) is 0 Å². The van der Waals surface area contributed by atoms with Crippen molar-refractivity contribution in [2.45, 2.75) is 40.7 Å². The summed E-state index contributed by atoms with van der Waals surface area (Å²) in [6, 6.07) is 6.14. The van der Waals surface area contributed by atoms with E-state index in [0.29, 0.717) is 12.2 Å². The van der Waals surface area contributed by atoms with E-state index in [9.17, 15) is 4.79 Å². The number of halogens is 1. The minimum atomic E-state index is -0.0780. The van der Waals surface area contributed by atoms with Crippen LogP contribution >= 0.6 is 23.7 Å². The summed E-state index contributed by atoms with van der Waals surface area (Å²) >= 11 is 1.59. The zero-order chi connectivity index (χ0) is 22.0. The number of rotatable bonds is 7. The fourth-order valence-corrected chi connectivity index (χ4v) is 5.15. The van der Waals surface area contributed by atoms with E-state index in [4.69, 9.17) is 9.72 Å². The summed E-state index contributed by atoms with van der Waals surface area (Å²) in [6.45, 7) is 14.0. The Morgan fingerprint density at radius 3 is 2.62 bits per heavy atom. The highest BCUT2D eigenvalue weighted by molar-refractivity contribution is 7.22. The van der Waals surface area contributed by atoms with Crippen LogP contribution in [0.5, 0.6) is 0 Å². The molecule has 2 aromatic heterocycles. The Bertz CT molecular complexity index is 1070. The average molecular weight is 478 g/mol. The molecule has 0 aliphatic carbocycles. The van der Waals surface area contributed by atoms with Gasteiger partial charge >= 0.3 is 0 Å². The number of aryl methyl sites for hydroxylation is 4. The molecule has 174 valence electrons. The number of hydrogen-bond donors (Lipinski definition) is 0. The SMILES string of the molecule is CCn1nc(C(=O)N(CCCN2CCOCC2)c2nc3cc(C)cc(C)c3s2)cc1C.Cl. The van der Waals surface area contributed by atoms with E-state index >= 15 is 0 Å². The molecule has 1 aromatic carbocycles. The van der Waals surface area contributed by atoms with Gasteiger partial charge in [-0.1, -0.05) is 17.4 Å². The standard InChI is InChI=1S/C23H31N5O2S.ClH/c1-5-28-18(4)15-20(25-28)22(29)27(8-6-7-26-9-11-30-12-10-26)23-24-19-14-16(2)13-17(3)21(19)31-23;/h13-15H,5-12H2,1-4H3;1H. The largest absolute Gasteiger partial charge is 0.379 e. The molecular formula is C23H32ClN5O2S. The molecule has 9 heteroatoms. The molecule has 1 aliphatic rings. The van der Waals surface area contributed by atoms with Gasteiger partial charge in [-0.15, -0.1) is 12.4 Å². The van der Waals surface area contributed by atoms with Crippen LogP contribution in [-0.2, 0) is 11.3 Å². The quantitative estimate of drug-likeness (QED) is 0.509. The van der Waals surface area contributed by atoms with Crippen molar-refractivity contribution in [3.8, 4) is 0 Å². The number of benzene rings is 1. The van der Waals surface area contributed by atoms with Crippen LogP contribution in [0.2, 0.25) is 0 Å². The second-order valence-corrected chi connectivity index (χ2v) is 9.16. The maximum absolute atomic E-state index is 13.5. The molecule has 1 amide bonds. The second kappa shape index (κ2) is 10.7. The van der Waals surface area contributed by atoms with Gasteiger partial charge in [0.15, 0.2) is 10.8 Å². The fraction of sp³-hybridized carbons (Fsp3) is 0.522. The zero-order valence-corrected chi connectivity index (χ0v) is 20.9. The van der Waals surface area contributed by atoms with E-state index in [0.717, 1.165) is 66.9 Å². The van der Waals surface area contributed by atoms with Crippen molar-refractivity contribution >= 4 is 45.0 Å². The Hall–Kier alpha value is -2.00. The molecule has 3 heterocycles. The van der Waals surface area contributed by atoms with Crippen molar-refractivity contribution in [1.82, 2.24) is 19.7 Å². The first kappa shape index (κ1) is 24.6. The van der Waals surface area contributed by atoms with Gasteiger partial charge < -0.3 is 4.74 Å². The number of nitrogens with zero attached hydrogens (tertiary/aromatic N) is 5. The Morgan fingerprint density at radius 2 is 1.94 bits per heavy atom. The third-order valence-corrected chi connectivity index (χ3v) is 6.97. The molecule has 1 saturated heterocycles. The minimum Gasteiger partial charge on any atom is -0.379 e. The van der Waals surface area contributed by atoms with E-state index in [1.807, 2.05) is 29.5 Å². The van der Waals surface area contributed by atoms with Gasteiger partial charge in [0.2, 0.25) is 0 Å². The average Bonchev–Trinajstić information content (AvgIpc) is 3.35. The predicted octanol–water partition coefficient (Wildman–Crippen LogP) is 4.23. The molecular weight excluding hydrogens is 446 g/mol. The van der Waals surface area contributed by atoms with Crippen LogP contribution in [0, 0.1) is 20.8 Å². The summed E-state index contributed by atoms with van der Waals surface area (Å²) in [5, 5.41) is 5.28. The zero-order valence-electron chi connectivity index (χ0n) is 19.3. The van der Waals surface area contributed by atoms with Crippen LogP contribution in [0.25, 0.3) is 10.2 Å². The number of carbonyl (C=O) groups is 1. The summed E-state index contributed by atoms with van der Waals surface area (Å²) in [4.78, 5) is 22.6. The summed E-state index contributed by atoms with van der Waals surface area (Å²) in [5.74, 6) is -0.0780. The highest BCUT2D eigenvalue weighted by atomic mass is 35.5. The molecule has 1 aliphatic heterocycles. The smallest absolute Gasteiger partial charge is 0.280 e. The Morgan fingerprint density at radius 1 is 1.19 bits per heavy atom. The molecule has 32 heavy (non-hydrogen) atoms. The lowest BCUT2D eigenvalue weighted by molar-refractivity contribution is 0.0376. The number of aromatic nitrogens is 3. The first-order valence-electron chi connectivity index (χ1n) is 11.0. The summed E-state index contributed by atoms with van der Waals surface area (Å²) in [7, 11) is 0. The molecule has 0 unspecified atom stereocenters. The molecule has 0 saturated carbocycles. The topological polar surface area (TPSA) is 63.5 Å². The van der Waals surface area contributed by atoms with Crippen molar-refractivity contribution in [3.63, 3.8) is 0 Å². The lowest BCUT2D eigenvalue weighted by Crippen LogP contribution is -2.39. The molecule has 0 atom stereocenters. The molecule has 3 aromatic rings. The van der Waals surface area contributed by atoms with Crippen LogP contribution in [0.3, 0.4) is 0 Å². The molecule has 0 N–H and O–H groups in total. The van der Waals surface area contributed by atoms with Gasteiger partial charge in [-0.2, -0.15) is 5.10 Å². The summed E-state index contributed by atoms with van der Waals surface area (Å²) in [5.41, 5.74) is 4.82. The van der Waals surface area contributed by atoms with Crippen LogP contribution < -0.4 is 4.90 Å². The Balaban J connectivity index is 0.00000289. The number of amides is 1. The number of fused-ring (bicyclic) bond motifs is 1. The lowest BCUT2D eigenvalue weighted by Gasteiger charge is -2.27. The molecule has 7 nitrogen and oxygen atoms in total. The number of anilines is 1. The van der Waals surface area contributed by atoms with E-state index in [1.54, 1.807) is 11.3 Å².